The van der Waals surface area contributed by atoms with Gasteiger partial charge in [0.15, 0.2) is 0 Å². The average Bonchev–Trinajstić information content (AvgIpc) is 2.26. The van der Waals surface area contributed by atoms with Crippen molar-refractivity contribution in [2.45, 2.75) is 5.51 Å². The Labute approximate surface area is 102 Å². The molecule has 0 fully saturated rings. The molecule has 102 valence electrons. The first-order chi connectivity index (χ1) is 8.19. The van der Waals surface area contributed by atoms with Crippen LogP contribution in [-0.4, -0.2) is 28.0 Å². The third-order valence-electron chi connectivity index (χ3n) is 1.97. The molecule has 0 aromatic heterocycles. The van der Waals surface area contributed by atoms with Gasteiger partial charge >= 0.3 is 15.6 Å². The molecule has 0 heterocycles. The van der Waals surface area contributed by atoms with Crippen LogP contribution in [0.5, 0.6) is 5.75 Å². The van der Waals surface area contributed by atoms with Gasteiger partial charge in [-0.1, -0.05) is 0 Å². The summed E-state index contributed by atoms with van der Waals surface area (Å²) in [5, 5.41) is 5.34. The molecule has 0 amide bonds. The predicted molar refractivity (Wildman–Crippen MR) is 61.1 cm³/mol. The molecule has 0 aliphatic heterocycles. The van der Waals surface area contributed by atoms with Crippen LogP contribution in [0.3, 0.4) is 0 Å². The summed E-state index contributed by atoms with van der Waals surface area (Å²) in [4.78, 5) is 0. The van der Waals surface area contributed by atoms with Crippen molar-refractivity contribution in [2.75, 3.05) is 24.7 Å². The summed E-state index contributed by atoms with van der Waals surface area (Å²) in [5.74, 6) is -0.427. The van der Waals surface area contributed by atoms with E-state index < -0.39 is 21.4 Å². The SMILES string of the molecule is CNc1cc(NC)cc(OS(=O)(=O)C(F)(F)F)c1. The first-order valence-electron chi connectivity index (χ1n) is 4.71. The molecule has 0 bridgehead atoms. The Morgan fingerprint density at radius 1 is 1.06 bits per heavy atom. The van der Waals surface area contributed by atoms with Crippen LogP contribution in [0.25, 0.3) is 0 Å². The van der Waals surface area contributed by atoms with Crippen LogP contribution in [0.4, 0.5) is 24.5 Å². The number of nitrogens with one attached hydrogen (secondary N) is 2. The van der Waals surface area contributed by atoms with Gasteiger partial charge in [-0.05, 0) is 6.07 Å². The van der Waals surface area contributed by atoms with Crippen molar-refractivity contribution in [3.8, 4) is 5.75 Å². The fourth-order valence-corrected chi connectivity index (χ4v) is 1.55. The van der Waals surface area contributed by atoms with E-state index >= 15 is 0 Å². The second-order valence-electron chi connectivity index (χ2n) is 3.23. The number of benzene rings is 1. The number of hydrogen-bond donors (Lipinski definition) is 2. The minimum Gasteiger partial charge on any atom is -0.388 e. The van der Waals surface area contributed by atoms with Gasteiger partial charge in [0.05, 0.1) is 0 Å². The summed E-state index contributed by atoms with van der Waals surface area (Å²) in [5.41, 5.74) is -4.63. The molecular weight excluding hydrogens is 273 g/mol. The Balaban J connectivity index is 3.12. The standard InChI is InChI=1S/C9H11F3N2O3S/c1-13-6-3-7(14-2)5-8(4-6)17-18(15,16)9(10,11)12/h3-5,13-14H,1-2H3. The first kappa shape index (κ1) is 14.4. The highest BCUT2D eigenvalue weighted by molar-refractivity contribution is 7.88. The second-order valence-corrected chi connectivity index (χ2v) is 4.77. The summed E-state index contributed by atoms with van der Waals surface area (Å²) in [6, 6.07) is 3.86. The van der Waals surface area contributed by atoms with Crippen molar-refractivity contribution in [1.29, 1.82) is 0 Å². The van der Waals surface area contributed by atoms with Gasteiger partial charge in [-0.2, -0.15) is 21.6 Å². The quantitative estimate of drug-likeness (QED) is 0.654. The summed E-state index contributed by atoms with van der Waals surface area (Å²) < 4.78 is 62.1. The van der Waals surface area contributed by atoms with Crippen LogP contribution >= 0.6 is 0 Å². The van der Waals surface area contributed by atoms with Crippen molar-refractivity contribution in [3.63, 3.8) is 0 Å². The van der Waals surface area contributed by atoms with Crippen molar-refractivity contribution in [2.24, 2.45) is 0 Å². The Hall–Kier alpha value is -1.64. The number of rotatable bonds is 4. The zero-order valence-electron chi connectivity index (χ0n) is 9.50. The highest BCUT2D eigenvalue weighted by Crippen LogP contribution is 2.30. The molecule has 0 aliphatic carbocycles. The first-order valence-corrected chi connectivity index (χ1v) is 6.12. The van der Waals surface area contributed by atoms with Gasteiger partial charge in [0.25, 0.3) is 0 Å². The highest BCUT2D eigenvalue weighted by Gasteiger charge is 2.48. The van der Waals surface area contributed by atoms with Crippen LogP contribution in [0.1, 0.15) is 0 Å². The van der Waals surface area contributed by atoms with Gasteiger partial charge in [0.1, 0.15) is 5.75 Å². The molecular formula is C9H11F3N2O3S. The van der Waals surface area contributed by atoms with Gasteiger partial charge < -0.3 is 14.8 Å². The van der Waals surface area contributed by atoms with E-state index in [0.29, 0.717) is 11.4 Å². The normalized spacial score (nSPS) is 12.1. The van der Waals surface area contributed by atoms with Crippen LogP contribution in [0.2, 0.25) is 0 Å². The van der Waals surface area contributed by atoms with Crippen LogP contribution in [-0.2, 0) is 10.1 Å². The molecule has 0 aliphatic rings. The maximum Gasteiger partial charge on any atom is 0.534 e. The minimum atomic E-state index is -5.66. The average molecular weight is 284 g/mol. The van der Waals surface area contributed by atoms with E-state index in [1.54, 1.807) is 6.07 Å². The Morgan fingerprint density at radius 2 is 1.50 bits per heavy atom. The van der Waals surface area contributed by atoms with E-state index in [1.165, 1.54) is 14.1 Å². The Kier molecular flexibility index (Phi) is 3.95. The van der Waals surface area contributed by atoms with Crippen LogP contribution in [0, 0.1) is 0 Å². The van der Waals surface area contributed by atoms with Gasteiger partial charge in [-0.3, -0.25) is 0 Å². The number of hydrogen-bond acceptors (Lipinski definition) is 5. The molecule has 0 unspecified atom stereocenters. The number of alkyl halides is 3. The molecule has 0 saturated heterocycles. The molecule has 0 atom stereocenters. The van der Waals surface area contributed by atoms with E-state index in [9.17, 15) is 21.6 Å². The fourth-order valence-electron chi connectivity index (χ4n) is 1.11. The Morgan fingerprint density at radius 3 is 1.83 bits per heavy atom. The molecule has 1 aromatic carbocycles. The van der Waals surface area contributed by atoms with Gasteiger partial charge in [0, 0.05) is 37.6 Å². The monoisotopic (exact) mass is 284 g/mol. The topological polar surface area (TPSA) is 67.4 Å². The fraction of sp³-hybridized carbons (Fsp3) is 0.333. The largest absolute Gasteiger partial charge is 0.534 e. The molecule has 9 heteroatoms. The van der Waals surface area contributed by atoms with E-state index in [0.717, 1.165) is 12.1 Å². The lowest BCUT2D eigenvalue weighted by Crippen LogP contribution is -2.28. The minimum absolute atomic E-state index is 0.411. The van der Waals surface area contributed by atoms with Crippen LogP contribution in [0.15, 0.2) is 18.2 Å². The molecule has 18 heavy (non-hydrogen) atoms. The van der Waals surface area contributed by atoms with Crippen molar-refractivity contribution in [3.05, 3.63) is 18.2 Å². The van der Waals surface area contributed by atoms with E-state index in [1.807, 2.05) is 0 Å². The molecule has 0 saturated carbocycles. The van der Waals surface area contributed by atoms with E-state index in [2.05, 4.69) is 14.8 Å². The molecule has 1 aromatic rings. The van der Waals surface area contributed by atoms with Gasteiger partial charge in [-0.15, -0.1) is 0 Å². The zero-order chi connectivity index (χ0) is 14.0. The highest BCUT2D eigenvalue weighted by atomic mass is 32.2. The van der Waals surface area contributed by atoms with Crippen LogP contribution < -0.4 is 14.8 Å². The smallest absolute Gasteiger partial charge is 0.388 e. The lowest BCUT2D eigenvalue weighted by Gasteiger charge is -2.12. The van der Waals surface area contributed by atoms with Crippen molar-refractivity contribution < 1.29 is 25.8 Å². The third kappa shape index (κ3) is 3.19. The second kappa shape index (κ2) is 4.92. The number of halogens is 3. The van der Waals surface area contributed by atoms with Crippen molar-refractivity contribution in [1.82, 2.24) is 0 Å². The maximum atomic E-state index is 12.1. The lowest BCUT2D eigenvalue weighted by atomic mass is 10.2. The summed E-state index contributed by atoms with van der Waals surface area (Å²) >= 11 is 0. The molecule has 0 spiro atoms. The zero-order valence-corrected chi connectivity index (χ0v) is 10.3. The van der Waals surface area contributed by atoms with E-state index in [4.69, 9.17) is 0 Å². The van der Waals surface area contributed by atoms with Gasteiger partial charge in [-0.25, -0.2) is 0 Å². The molecule has 2 N–H and O–H groups in total. The van der Waals surface area contributed by atoms with Crippen molar-refractivity contribution >= 4 is 21.5 Å². The molecule has 0 radical (unpaired) electrons. The van der Waals surface area contributed by atoms with E-state index in [-0.39, 0.29) is 0 Å². The summed E-state index contributed by atoms with van der Waals surface area (Å²) in [6.45, 7) is 0. The van der Waals surface area contributed by atoms with Gasteiger partial charge in [0.2, 0.25) is 0 Å². The third-order valence-corrected chi connectivity index (χ3v) is 2.95. The summed E-state index contributed by atoms with van der Waals surface area (Å²) in [7, 11) is -2.58. The summed E-state index contributed by atoms with van der Waals surface area (Å²) in [6.07, 6.45) is 0. The predicted octanol–water partition coefficient (Wildman–Crippen LogP) is 2.00. The lowest BCUT2D eigenvalue weighted by molar-refractivity contribution is -0.0500. The molecule has 1 rings (SSSR count). The maximum absolute atomic E-state index is 12.1. The Bertz CT molecular complexity index is 506. The molecule has 5 nitrogen and oxygen atoms in total. The number of anilines is 2.